The van der Waals surface area contributed by atoms with E-state index in [1.54, 1.807) is 4.90 Å². The van der Waals surface area contributed by atoms with Crippen molar-refractivity contribution >= 4 is 11.7 Å². The maximum Gasteiger partial charge on any atom is 0.322 e. The van der Waals surface area contributed by atoms with Gasteiger partial charge in [0.2, 0.25) is 11.7 Å². The number of nitrogens with zero attached hydrogens (tertiary/aromatic N) is 3. The van der Waals surface area contributed by atoms with Gasteiger partial charge in [-0.15, -0.1) is 0 Å². The molecule has 0 radical (unpaired) electrons. The second-order valence-corrected chi connectivity index (χ2v) is 6.97. The summed E-state index contributed by atoms with van der Waals surface area (Å²) in [5, 5.41) is 7.07. The van der Waals surface area contributed by atoms with Crippen LogP contribution in [0.5, 0.6) is 0 Å². The summed E-state index contributed by atoms with van der Waals surface area (Å²) >= 11 is 0. The molecule has 0 aliphatic carbocycles. The number of carbonyl (C=O) groups excluding carboxylic acids is 1. The van der Waals surface area contributed by atoms with Crippen LogP contribution in [0.4, 0.5) is 10.5 Å². The van der Waals surface area contributed by atoms with Crippen LogP contribution in [0, 0.1) is 13.8 Å². The third-order valence-electron chi connectivity index (χ3n) is 4.82. The average molecular weight is 362 g/mol. The van der Waals surface area contributed by atoms with Crippen molar-refractivity contribution in [3.63, 3.8) is 0 Å². The molecule has 0 spiro atoms. The maximum absolute atomic E-state index is 12.7. The lowest BCUT2D eigenvalue weighted by atomic mass is 10.1. The highest BCUT2D eigenvalue weighted by Crippen LogP contribution is 2.32. The molecule has 2 heterocycles. The first-order valence-corrected chi connectivity index (χ1v) is 9.15. The molecule has 2 amide bonds. The first-order chi connectivity index (χ1) is 13.1. The van der Waals surface area contributed by atoms with Gasteiger partial charge in [0.1, 0.15) is 6.04 Å². The zero-order chi connectivity index (χ0) is 18.8. The topological polar surface area (TPSA) is 71.3 Å². The van der Waals surface area contributed by atoms with Gasteiger partial charge in [-0.1, -0.05) is 46.6 Å². The van der Waals surface area contributed by atoms with Crippen molar-refractivity contribution in [2.24, 2.45) is 0 Å². The number of aromatic nitrogens is 2. The van der Waals surface area contributed by atoms with E-state index in [0.29, 0.717) is 18.3 Å². The molecule has 1 aromatic heterocycles. The van der Waals surface area contributed by atoms with Crippen LogP contribution in [0.15, 0.2) is 53.1 Å². The predicted molar refractivity (Wildman–Crippen MR) is 103 cm³/mol. The number of anilines is 1. The van der Waals surface area contributed by atoms with Crippen LogP contribution in [0.2, 0.25) is 0 Å². The van der Waals surface area contributed by atoms with Gasteiger partial charge in [0.15, 0.2) is 0 Å². The standard InChI is InChI=1S/C21H22N4O2/c1-14-8-10-17(11-9-14)22-21(26)25-12-4-7-18(25)20-23-19(24-27-20)16-6-3-5-15(2)13-16/h3,5-6,8-11,13,18H,4,7,12H2,1-2H3,(H,22,26)/t18-/m1/s1. The van der Waals surface area contributed by atoms with E-state index in [2.05, 4.69) is 15.5 Å². The summed E-state index contributed by atoms with van der Waals surface area (Å²) in [6, 6.07) is 15.4. The number of hydrogen-bond donors (Lipinski definition) is 1. The summed E-state index contributed by atoms with van der Waals surface area (Å²) < 4.78 is 5.51. The van der Waals surface area contributed by atoms with Gasteiger partial charge in [0.05, 0.1) is 0 Å². The third kappa shape index (κ3) is 3.69. The summed E-state index contributed by atoms with van der Waals surface area (Å²) in [4.78, 5) is 19.1. The van der Waals surface area contributed by atoms with Crippen molar-refractivity contribution in [1.82, 2.24) is 15.0 Å². The Balaban J connectivity index is 1.51. The van der Waals surface area contributed by atoms with Crippen LogP contribution in [0.25, 0.3) is 11.4 Å². The van der Waals surface area contributed by atoms with E-state index in [1.807, 2.05) is 62.4 Å². The van der Waals surface area contributed by atoms with Gasteiger partial charge < -0.3 is 14.7 Å². The van der Waals surface area contributed by atoms with Crippen molar-refractivity contribution in [3.8, 4) is 11.4 Å². The van der Waals surface area contributed by atoms with Crippen molar-refractivity contribution in [2.75, 3.05) is 11.9 Å². The lowest BCUT2D eigenvalue weighted by Crippen LogP contribution is -2.34. The number of hydrogen-bond acceptors (Lipinski definition) is 4. The zero-order valence-corrected chi connectivity index (χ0v) is 15.5. The zero-order valence-electron chi connectivity index (χ0n) is 15.5. The molecule has 27 heavy (non-hydrogen) atoms. The minimum atomic E-state index is -0.193. The Hall–Kier alpha value is -3.15. The van der Waals surface area contributed by atoms with E-state index >= 15 is 0 Å². The third-order valence-corrected chi connectivity index (χ3v) is 4.82. The molecule has 1 aliphatic rings. The van der Waals surface area contributed by atoms with Gasteiger partial charge >= 0.3 is 6.03 Å². The minimum Gasteiger partial charge on any atom is -0.337 e. The number of aryl methyl sites for hydroxylation is 2. The number of urea groups is 1. The van der Waals surface area contributed by atoms with E-state index in [-0.39, 0.29) is 12.1 Å². The SMILES string of the molecule is Cc1ccc(NC(=O)N2CCC[C@@H]2c2nc(-c3cccc(C)c3)no2)cc1. The molecule has 6 nitrogen and oxygen atoms in total. The lowest BCUT2D eigenvalue weighted by Gasteiger charge is -2.22. The van der Waals surface area contributed by atoms with Gasteiger partial charge in [0.25, 0.3) is 0 Å². The van der Waals surface area contributed by atoms with Crippen LogP contribution >= 0.6 is 0 Å². The normalized spacial score (nSPS) is 16.5. The van der Waals surface area contributed by atoms with Gasteiger partial charge in [-0.2, -0.15) is 4.98 Å². The molecule has 1 atom stereocenters. The molecule has 0 unspecified atom stereocenters. The van der Waals surface area contributed by atoms with Crippen molar-refractivity contribution < 1.29 is 9.32 Å². The van der Waals surface area contributed by atoms with E-state index in [1.165, 1.54) is 0 Å². The Labute approximate surface area is 158 Å². The highest BCUT2D eigenvalue weighted by molar-refractivity contribution is 5.89. The summed E-state index contributed by atoms with van der Waals surface area (Å²) in [5.41, 5.74) is 3.99. The molecule has 6 heteroatoms. The minimum absolute atomic E-state index is 0.142. The number of nitrogens with one attached hydrogen (secondary N) is 1. The molecule has 1 fully saturated rings. The molecule has 0 bridgehead atoms. The summed E-state index contributed by atoms with van der Waals surface area (Å²) in [5.74, 6) is 1.04. The summed E-state index contributed by atoms with van der Waals surface area (Å²) in [6.07, 6.45) is 1.73. The van der Waals surface area contributed by atoms with E-state index < -0.39 is 0 Å². The van der Waals surface area contributed by atoms with Crippen molar-refractivity contribution in [1.29, 1.82) is 0 Å². The number of carbonyl (C=O) groups is 1. The summed E-state index contributed by atoms with van der Waals surface area (Å²) in [7, 11) is 0. The number of amides is 2. The monoisotopic (exact) mass is 362 g/mol. The Morgan fingerprint density at radius 3 is 2.74 bits per heavy atom. The van der Waals surface area contributed by atoms with Crippen LogP contribution in [-0.4, -0.2) is 27.6 Å². The molecule has 4 rings (SSSR count). The molecule has 1 aliphatic heterocycles. The fourth-order valence-electron chi connectivity index (χ4n) is 3.37. The van der Waals surface area contributed by atoms with Crippen LogP contribution < -0.4 is 5.32 Å². The van der Waals surface area contributed by atoms with E-state index in [0.717, 1.165) is 35.2 Å². The highest BCUT2D eigenvalue weighted by atomic mass is 16.5. The van der Waals surface area contributed by atoms with Gasteiger partial charge in [-0.25, -0.2) is 4.79 Å². The first-order valence-electron chi connectivity index (χ1n) is 9.15. The average Bonchev–Trinajstić information content (AvgIpc) is 3.33. The maximum atomic E-state index is 12.7. The van der Waals surface area contributed by atoms with E-state index in [4.69, 9.17) is 4.52 Å². The molecule has 1 N–H and O–H groups in total. The number of rotatable bonds is 3. The fourth-order valence-corrected chi connectivity index (χ4v) is 3.37. The Bertz CT molecular complexity index is 949. The summed E-state index contributed by atoms with van der Waals surface area (Å²) in [6.45, 7) is 4.71. The second kappa shape index (κ2) is 7.23. The Morgan fingerprint density at radius 1 is 1.15 bits per heavy atom. The van der Waals surface area contributed by atoms with E-state index in [9.17, 15) is 4.79 Å². The number of likely N-dealkylation sites (tertiary alicyclic amines) is 1. The quantitative estimate of drug-likeness (QED) is 0.732. The molecular formula is C21H22N4O2. The molecule has 138 valence electrons. The van der Waals surface area contributed by atoms with Gasteiger partial charge in [-0.3, -0.25) is 0 Å². The molecule has 0 saturated carbocycles. The van der Waals surface area contributed by atoms with Crippen molar-refractivity contribution in [2.45, 2.75) is 32.7 Å². The van der Waals surface area contributed by atoms with Crippen LogP contribution in [-0.2, 0) is 0 Å². The largest absolute Gasteiger partial charge is 0.337 e. The molecule has 2 aromatic carbocycles. The molecule has 3 aromatic rings. The van der Waals surface area contributed by atoms with Crippen LogP contribution in [0.3, 0.4) is 0 Å². The Morgan fingerprint density at radius 2 is 1.96 bits per heavy atom. The smallest absolute Gasteiger partial charge is 0.322 e. The highest BCUT2D eigenvalue weighted by Gasteiger charge is 2.34. The Kier molecular flexibility index (Phi) is 4.62. The predicted octanol–water partition coefficient (Wildman–Crippen LogP) is 4.72. The number of benzene rings is 2. The second-order valence-electron chi connectivity index (χ2n) is 6.97. The molecular weight excluding hydrogens is 340 g/mol. The van der Waals surface area contributed by atoms with Crippen LogP contribution in [0.1, 0.15) is 35.9 Å². The van der Waals surface area contributed by atoms with Gasteiger partial charge in [-0.05, 0) is 44.9 Å². The van der Waals surface area contributed by atoms with Crippen molar-refractivity contribution in [3.05, 3.63) is 65.5 Å². The first kappa shape index (κ1) is 17.3. The fraction of sp³-hybridized carbons (Fsp3) is 0.286. The lowest BCUT2D eigenvalue weighted by molar-refractivity contribution is 0.193. The van der Waals surface area contributed by atoms with Gasteiger partial charge in [0, 0.05) is 17.8 Å². The molecule has 1 saturated heterocycles.